The van der Waals surface area contributed by atoms with Crippen molar-refractivity contribution in [3.05, 3.63) is 87.4 Å². The maximum Gasteiger partial charge on any atom is 0.282 e. The van der Waals surface area contributed by atoms with Crippen LogP contribution in [0.2, 0.25) is 0 Å². The third-order valence-electron chi connectivity index (χ3n) is 6.21. The summed E-state index contributed by atoms with van der Waals surface area (Å²) in [5.41, 5.74) is 2.24. The number of rotatable bonds is 9. The van der Waals surface area contributed by atoms with Gasteiger partial charge >= 0.3 is 0 Å². The number of methoxy groups -OCH3 is 1. The Labute approximate surface area is 214 Å². The summed E-state index contributed by atoms with van der Waals surface area (Å²) < 4.78 is 13.8. The number of nitrogens with zero attached hydrogens (tertiary/aromatic N) is 3. The molecule has 6 nitrogen and oxygen atoms in total. The van der Waals surface area contributed by atoms with Crippen LogP contribution in [0.3, 0.4) is 0 Å². The van der Waals surface area contributed by atoms with E-state index in [1.54, 1.807) is 25.5 Å². The van der Waals surface area contributed by atoms with Crippen LogP contribution < -0.4 is 15.0 Å². The number of aromatic nitrogens is 2. The van der Waals surface area contributed by atoms with Gasteiger partial charge in [0.05, 0.1) is 24.2 Å². The summed E-state index contributed by atoms with van der Waals surface area (Å²) in [6, 6.07) is 9.43. The van der Waals surface area contributed by atoms with Gasteiger partial charge in [-0.1, -0.05) is 53.9 Å². The minimum absolute atomic E-state index is 0.169. The maximum absolute atomic E-state index is 13.6. The van der Waals surface area contributed by atoms with Crippen molar-refractivity contribution in [3.8, 4) is 11.5 Å². The van der Waals surface area contributed by atoms with Gasteiger partial charge in [0.25, 0.3) is 5.56 Å². The zero-order valence-electron chi connectivity index (χ0n) is 20.0. The van der Waals surface area contributed by atoms with Gasteiger partial charge in [0.2, 0.25) is 0 Å². The fourth-order valence-electron chi connectivity index (χ4n) is 4.55. The summed E-state index contributed by atoms with van der Waals surface area (Å²) in [5, 5.41) is 5.20. The molecule has 0 atom stereocenters. The van der Waals surface area contributed by atoms with Gasteiger partial charge in [0, 0.05) is 16.0 Å². The Morgan fingerprint density at radius 3 is 2.69 bits per heavy atom. The monoisotopic (exact) mass is 535 g/mol. The van der Waals surface area contributed by atoms with E-state index in [-0.39, 0.29) is 11.5 Å². The minimum Gasteiger partial charge on any atom is -0.493 e. The van der Waals surface area contributed by atoms with Crippen LogP contribution in [0.25, 0.3) is 10.9 Å². The number of ether oxygens (including phenoxy) is 2. The highest BCUT2D eigenvalue weighted by atomic mass is 79.9. The van der Waals surface area contributed by atoms with Gasteiger partial charge in [0.1, 0.15) is 12.4 Å². The van der Waals surface area contributed by atoms with Crippen LogP contribution >= 0.6 is 15.9 Å². The molecule has 1 fully saturated rings. The summed E-state index contributed by atoms with van der Waals surface area (Å²) in [6.45, 7) is 7.95. The van der Waals surface area contributed by atoms with Crippen molar-refractivity contribution < 1.29 is 9.47 Å². The largest absolute Gasteiger partial charge is 0.493 e. The maximum atomic E-state index is 13.6. The molecule has 0 radical (unpaired) electrons. The Balaban J connectivity index is 1.82. The van der Waals surface area contributed by atoms with E-state index in [0.29, 0.717) is 35.4 Å². The van der Waals surface area contributed by atoms with Crippen LogP contribution in [-0.4, -0.2) is 29.6 Å². The van der Waals surface area contributed by atoms with Crippen LogP contribution in [0, 0.1) is 0 Å². The number of benzene rings is 2. The molecule has 1 aromatic heterocycles. The first-order valence-electron chi connectivity index (χ1n) is 11.9. The van der Waals surface area contributed by atoms with Gasteiger partial charge in [-0.2, -0.15) is 9.78 Å². The summed E-state index contributed by atoms with van der Waals surface area (Å²) in [6.07, 6.45) is 11.3. The third kappa shape index (κ3) is 5.56. The van der Waals surface area contributed by atoms with E-state index < -0.39 is 0 Å². The number of allylic oxidation sites excluding steroid dienone is 1. The molecule has 4 rings (SSSR count). The standard InChI is InChI=1S/C28H30BrN3O3/c1-4-9-21-15-19(16-25(34-3)26(21)35-14-5-2)18-30-32-27(20-10-7-6-8-11-20)31-24-13-12-22(29)17-23(24)28(32)33/h4-5,12-13,15-18,20H,1-2,6-11,14H2,3H3. The molecule has 1 heterocycles. The van der Waals surface area contributed by atoms with E-state index in [4.69, 9.17) is 14.5 Å². The fraction of sp³-hybridized carbons (Fsp3) is 0.321. The Hall–Kier alpha value is -3.19. The Morgan fingerprint density at radius 2 is 1.97 bits per heavy atom. The second kappa shape index (κ2) is 11.5. The second-order valence-corrected chi connectivity index (χ2v) is 9.55. The fourth-order valence-corrected chi connectivity index (χ4v) is 4.91. The zero-order valence-corrected chi connectivity index (χ0v) is 21.6. The predicted molar refractivity (Wildman–Crippen MR) is 145 cm³/mol. The summed E-state index contributed by atoms with van der Waals surface area (Å²) in [4.78, 5) is 18.5. The van der Waals surface area contributed by atoms with Crippen molar-refractivity contribution in [2.24, 2.45) is 5.10 Å². The lowest BCUT2D eigenvalue weighted by molar-refractivity contribution is 0.323. The van der Waals surface area contributed by atoms with Crippen LogP contribution in [0.15, 0.2) is 70.0 Å². The van der Waals surface area contributed by atoms with Gasteiger partial charge in [-0.25, -0.2) is 4.98 Å². The highest BCUT2D eigenvalue weighted by Crippen LogP contribution is 2.34. The number of hydrogen-bond acceptors (Lipinski definition) is 5. The van der Waals surface area contributed by atoms with Crippen LogP contribution in [0.1, 0.15) is 55.0 Å². The van der Waals surface area contributed by atoms with Gasteiger partial charge < -0.3 is 9.47 Å². The Bertz CT molecular complexity index is 1320. The van der Waals surface area contributed by atoms with Gasteiger partial charge in [0.15, 0.2) is 11.5 Å². The molecule has 1 aliphatic rings. The normalized spacial score (nSPS) is 14.3. The summed E-state index contributed by atoms with van der Waals surface area (Å²) in [5.74, 6) is 2.18. The summed E-state index contributed by atoms with van der Waals surface area (Å²) >= 11 is 3.47. The van der Waals surface area contributed by atoms with Crippen molar-refractivity contribution in [1.82, 2.24) is 9.66 Å². The SMILES string of the molecule is C=CCOc1c(CC=C)cc(C=Nn2c(C3CCCCC3)nc3ccc(Br)cc3c2=O)cc1OC. The van der Waals surface area contributed by atoms with E-state index in [1.807, 2.05) is 30.3 Å². The van der Waals surface area contributed by atoms with Crippen LogP contribution in [-0.2, 0) is 6.42 Å². The first-order chi connectivity index (χ1) is 17.0. The van der Waals surface area contributed by atoms with E-state index in [0.717, 1.165) is 47.1 Å². The first kappa shape index (κ1) is 24.9. The molecule has 0 aliphatic heterocycles. The van der Waals surface area contributed by atoms with E-state index in [9.17, 15) is 4.79 Å². The van der Waals surface area contributed by atoms with Crippen molar-refractivity contribution >= 4 is 33.0 Å². The van der Waals surface area contributed by atoms with Crippen LogP contribution in [0.5, 0.6) is 11.5 Å². The second-order valence-electron chi connectivity index (χ2n) is 8.63. The molecule has 0 spiro atoms. The lowest BCUT2D eigenvalue weighted by Gasteiger charge is -2.22. The third-order valence-corrected chi connectivity index (χ3v) is 6.70. The van der Waals surface area contributed by atoms with Crippen molar-refractivity contribution in [2.45, 2.75) is 44.4 Å². The Kier molecular flexibility index (Phi) is 8.18. The average molecular weight is 536 g/mol. The van der Waals surface area contributed by atoms with E-state index >= 15 is 0 Å². The molecule has 0 amide bonds. The predicted octanol–water partition coefficient (Wildman–Crippen LogP) is 6.39. The molecule has 182 valence electrons. The molecular weight excluding hydrogens is 506 g/mol. The minimum atomic E-state index is -0.169. The molecular formula is C28H30BrN3O3. The van der Waals surface area contributed by atoms with Crippen molar-refractivity contribution in [3.63, 3.8) is 0 Å². The lowest BCUT2D eigenvalue weighted by atomic mass is 9.88. The molecule has 0 saturated heterocycles. The molecule has 1 aliphatic carbocycles. The molecule has 7 heteroatoms. The lowest BCUT2D eigenvalue weighted by Crippen LogP contribution is -2.25. The molecule has 3 aromatic rings. The molecule has 1 saturated carbocycles. The summed E-state index contributed by atoms with van der Waals surface area (Å²) in [7, 11) is 1.60. The number of halogens is 1. The van der Waals surface area contributed by atoms with E-state index in [1.165, 1.54) is 11.1 Å². The van der Waals surface area contributed by atoms with Gasteiger partial charge in [-0.15, -0.1) is 6.58 Å². The number of hydrogen-bond donors (Lipinski definition) is 0. The highest BCUT2D eigenvalue weighted by molar-refractivity contribution is 9.10. The smallest absolute Gasteiger partial charge is 0.282 e. The van der Waals surface area contributed by atoms with Gasteiger partial charge in [-0.3, -0.25) is 4.79 Å². The molecule has 2 aromatic carbocycles. The quantitative estimate of drug-likeness (QED) is 0.235. The molecule has 0 N–H and O–H groups in total. The number of fused-ring (bicyclic) bond motifs is 1. The van der Waals surface area contributed by atoms with Crippen molar-refractivity contribution in [1.29, 1.82) is 0 Å². The molecule has 35 heavy (non-hydrogen) atoms. The van der Waals surface area contributed by atoms with Crippen LogP contribution in [0.4, 0.5) is 0 Å². The van der Waals surface area contributed by atoms with E-state index in [2.05, 4.69) is 34.2 Å². The van der Waals surface area contributed by atoms with Crippen molar-refractivity contribution in [2.75, 3.05) is 13.7 Å². The van der Waals surface area contributed by atoms with Gasteiger partial charge in [-0.05, 0) is 55.2 Å². The Morgan fingerprint density at radius 1 is 1.17 bits per heavy atom. The first-order valence-corrected chi connectivity index (χ1v) is 12.7. The topological polar surface area (TPSA) is 65.7 Å². The molecule has 0 bridgehead atoms. The zero-order chi connectivity index (χ0) is 24.8. The average Bonchev–Trinajstić information content (AvgIpc) is 2.88. The molecule has 0 unspecified atom stereocenters. The highest BCUT2D eigenvalue weighted by Gasteiger charge is 2.22.